The molecular weight excluding hydrogens is 236 g/mol. The second-order valence-electron chi connectivity index (χ2n) is 4.68. The van der Waals surface area contributed by atoms with Crippen molar-refractivity contribution in [1.82, 2.24) is 15.1 Å². The third-order valence-electron chi connectivity index (χ3n) is 3.16. The summed E-state index contributed by atoms with van der Waals surface area (Å²) >= 11 is 6.12. The Morgan fingerprint density at radius 1 is 1.59 bits per heavy atom. The highest BCUT2D eigenvalue weighted by Gasteiger charge is 2.26. The Morgan fingerprint density at radius 2 is 2.18 bits per heavy atom. The van der Waals surface area contributed by atoms with Crippen molar-refractivity contribution in [2.75, 3.05) is 7.05 Å². The molecule has 0 aliphatic carbocycles. The van der Waals surface area contributed by atoms with Crippen molar-refractivity contribution in [3.8, 4) is 6.07 Å². The Kier molecular flexibility index (Phi) is 4.18. The fraction of sp³-hybridized carbons (Fsp3) is 0.667. The van der Waals surface area contributed by atoms with Crippen LogP contribution >= 0.6 is 11.6 Å². The van der Waals surface area contributed by atoms with Crippen molar-refractivity contribution >= 4 is 11.6 Å². The molecule has 1 aromatic rings. The zero-order valence-electron chi connectivity index (χ0n) is 11.0. The molecule has 1 aromatic heterocycles. The van der Waals surface area contributed by atoms with Gasteiger partial charge in [0.15, 0.2) is 0 Å². The van der Waals surface area contributed by atoms with Gasteiger partial charge in [-0.15, -0.1) is 0 Å². The first-order valence-electron chi connectivity index (χ1n) is 5.66. The lowest BCUT2D eigenvalue weighted by Crippen LogP contribution is -2.40. The lowest BCUT2D eigenvalue weighted by Gasteiger charge is -2.25. The van der Waals surface area contributed by atoms with E-state index in [2.05, 4.69) is 16.5 Å². The molecule has 5 heteroatoms. The van der Waals surface area contributed by atoms with Crippen molar-refractivity contribution in [3.05, 3.63) is 16.4 Å². The summed E-state index contributed by atoms with van der Waals surface area (Å²) < 4.78 is 1.89. The molecule has 0 aliphatic heterocycles. The van der Waals surface area contributed by atoms with Gasteiger partial charge in [0.1, 0.15) is 5.54 Å². The van der Waals surface area contributed by atoms with Gasteiger partial charge in [-0.25, -0.2) is 0 Å². The summed E-state index contributed by atoms with van der Waals surface area (Å²) in [6, 6.07) is 2.41. The largest absolute Gasteiger partial charge is 0.303 e. The van der Waals surface area contributed by atoms with E-state index in [1.807, 2.05) is 32.4 Å². The molecule has 94 valence electrons. The predicted octanol–water partition coefficient (Wildman–Crippen LogP) is 2.61. The average molecular weight is 255 g/mol. The van der Waals surface area contributed by atoms with Crippen molar-refractivity contribution in [2.45, 2.75) is 45.7 Å². The first-order valence-corrected chi connectivity index (χ1v) is 6.04. The van der Waals surface area contributed by atoms with Gasteiger partial charge in [-0.1, -0.05) is 11.6 Å². The highest BCUT2D eigenvalue weighted by atomic mass is 35.5. The first kappa shape index (κ1) is 14.0. The van der Waals surface area contributed by atoms with Gasteiger partial charge in [0.25, 0.3) is 0 Å². The van der Waals surface area contributed by atoms with Crippen molar-refractivity contribution < 1.29 is 0 Å². The number of nitriles is 1. The number of nitrogens with one attached hydrogen (secondary N) is 1. The Morgan fingerprint density at radius 3 is 2.53 bits per heavy atom. The second kappa shape index (κ2) is 5.07. The fourth-order valence-corrected chi connectivity index (χ4v) is 2.08. The molecule has 0 aliphatic rings. The molecule has 1 rings (SSSR count). The van der Waals surface area contributed by atoms with E-state index in [1.54, 1.807) is 7.05 Å². The molecule has 1 heterocycles. The van der Waals surface area contributed by atoms with Crippen LogP contribution in [0.1, 0.15) is 37.7 Å². The molecule has 0 saturated heterocycles. The van der Waals surface area contributed by atoms with Gasteiger partial charge in [-0.05, 0) is 34.7 Å². The fourth-order valence-electron chi connectivity index (χ4n) is 1.95. The van der Waals surface area contributed by atoms with Crippen LogP contribution in [0.5, 0.6) is 0 Å². The Bertz CT molecular complexity index is 446. The van der Waals surface area contributed by atoms with Crippen LogP contribution in [-0.2, 0) is 0 Å². The van der Waals surface area contributed by atoms with E-state index in [4.69, 9.17) is 16.9 Å². The van der Waals surface area contributed by atoms with Crippen LogP contribution < -0.4 is 5.32 Å². The molecular formula is C12H19ClN4. The van der Waals surface area contributed by atoms with Gasteiger partial charge in [-0.3, -0.25) is 4.68 Å². The van der Waals surface area contributed by atoms with E-state index >= 15 is 0 Å². The van der Waals surface area contributed by atoms with Crippen LogP contribution in [0.3, 0.4) is 0 Å². The topological polar surface area (TPSA) is 53.6 Å². The summed E-state index contributed by atoms with van der Waals surface area (Å²) in [6.45, 7) is 7.77. The van der Waals surface area contributed by atoms with Gasteiger partial charge in [0.05, 0.1) is 28.5 Å². The summed E-state index contributed by atoms with van der Waals surface area (Å²) in [5, 5.41) is 17.3. The maximum Gasteiger partial charge on any atom is 0.105 e. The van der Waals surface area contributed by atoms with Gasteiger partial charge in [-0.2, -0.15) is 10.4 Å². The summed E-state index contributed by atoms with van der Waals surface area (Å²) in [4.78, 5) is 0. The number of hydrogen-bond acceptors (Lipinski definition) is 3. The van der Waals surface area contributed by atoms with E-state index in [0.29, 0.717) is 11.4 Å². The number of rotatable bonds is 4. The summed E-state index contributed by atoms with van der Waals surface area (Å²) in [7, 11) is 1.80. The molecule has 2 unspecified atom stereocenters. The van der Waals surface area contributed by atoms with Crippen LogP contribution in [0.15, 0.2) is 0 Å². The van der Waals surface area contributed by atoms with Gasteiger partial charge < -0.3 is 5.32 Å². The quantitative estimate of drug-likeness (QED) is 0.899. The summed E-state index contributed by atoms with van der Waals surface area (Å²) in [5.41, 5.74) is 1.24. The molecule has 0 aromatic carbocycles. The van der Waals surface area contributed by atoms with E-state index in [0.717, 1.165) is 11.4 Å². The predicted molar refractivity (Wildman–Crippen MR) is 69.1 cm³/mol. The van der Waals surface area contributed by atoms with Crippen LogP contribution in [0.4, 0.5) is 0 Å². The third-order valence-corrected chi connectivity index (χ3v) is 3.70. The van der Waals surface area contributed by atoms with Crippen LogP contribution in [0.2, 0.25) is 5.02 Å². The molecule has 0 spiro atoms. The SMILES string of the molecule is CNC(C)(C#N)CC(C)n1nc(C)c(Cl)c1C. The highest BCUT2D eigenvalue weighted by Crippen LogP contribution is 2.26. The molecule has 1 N–H and O–H groups in total. The minimum absolute atomic E-state index is 0.123. The van der Waals surface area contributed by atoms with Crippen molar-refractivity contribution in [2.24, 2.45) is 0 Å². The zero-order chi connectivity index (χ0) is 13.2. The highest BCUT2D eigenvalue weighted by molar-refractivity contribution is 6.31. The van der Waals surface area contributed by atoms with E-state index < -0.39 is 5.54 Å². The molecule has 17 heavy (non-hydrogen) atoms. The van der Waals surface area contributed by atoms with Gasteiger partial charge in [0.2, 0.25) is 0 Å². The lowest BCUT2D eigenvalue weighted by atomic mass is 9.95. The van der Waals surface area contributed by atoms with Gasteiger partial charge in [0, 0.05) is 6.42 Å². The third kappa shape index (κ3) is 2.80. The van der Waals surface area contributed by atoms with E-state index in [1.165, 1.54) is 0 Å². The molecule has 2 atom stereocenters. The molecule has 0 fully saturated rings. The molecule has 0 bridgehead atoms. The van der Waals surface area contributed by atoms with Crippen molar-refractivity contribution in [1.29, 1.82) is 5.26 Å². The first-order chi connectivity index (χ1) is 7.84. The number of nitrogens with zero attached hydrogens (tertiary/aromatic N) is 3. The molecule has 0 saturated carbocycles. The average Bonchev–Trinajstić information content (AvgIpc) is 2.57. The second-order valence-corrected chi connectivity index (χ2v) is 5.05. The van der Waals surface area contributed by atoms with Crippen LogP contribution in [0.25, 0.3) is 0 Å². The zero-order valence-corrected chi connectivity index (χ0v) is 11.8. The Labute approximate surface area is 108 Å². The Balaban J connectivity index is 2.95. The smallest absolute Gasteiger partial charge is 0.105 e. The van der Waals surface area contributed by atoms with E-state index in [9.17, 15) is 0 Å². The minimum atomic E-state index is -0.543. The number of hydrogen-bond donors (Lipinski definition) is 1. The normalized spacial score (nSPS) is 16.3. The number of halogens is 1. The number of aromatic nitrogens is 2. The van der Waals surface area contributed by atoms with Crippen LogP contribution in [0, 0.1) is 25.2 Å². The molecule has 0 amide bonds. The molecule has 4 nitrogen and oxygen atoms in total. The standard InChI is InChI=1S/C12H19ClN4/c1-8(6-12(4,7-14)15-5)17-10(3)11(13)9(2)16-17/h8,15H,6H2,1-5H3. The van der Waals surface area contributed by atoms with Crippen molar-refractivity contribution in [3.63, 3.8) is 0 Å². The maximum absolute atomic E-state index is 9.14. The molecule has 0 radical (unpaired) electrons. The van der Waals surface area contributed by atoms with Gasteiger partial charge >= 0.3 is 0 Å². The maximum atomic E-state index is 9.14. The van der Waals surface area contributed by atoms with E-state index in [-0.39, 0.29) is 6.04 Å². The summed E-state index contributed by atoms with van der Waals surface area (Å²) in [6.07, 6.45) is 0.679. The Hall–Kier alpha value is -1.05. The lowest BCUT2D eigenvalue weighted by molar-refractivity contribution is 0.345. The monoisotopic (exact) mass is 254 g/mol. The van der Waals surface area contributed by atoms with Crippen LogP contribution in [-0.4, -0.2) is 22.4 Å². The summed E-state index contributed by atoms with van der Waals surface area (Å²) in [5.74, 6) is 0. The number of aryl methyl sites for hydroxylation is 1. The minimum Gasteiger partial charge on any atom is -0.303 e.